The molecule has 1 saturated heterocycles. The van der Waals surface area contributed by atoms with Crippen molar-refractivity contribution in [3.05, 3.63) is 23.9 Å². The molecule has 27 heavy (non-hydrogen) atoms. The van der Waals surface area contributed by atoms with Gasteiger partial charge in [0, 0.05) is 25.1 Å². The third kappa shape index (κ3) is 3.58. The minimum atomic E-state index is -4.34. The zero-order chi connectivity index (χ0) is 19.2. The number of rotatable bonds is 3. The second-order valence-corrected chi connectivity index (χ2v) is 7.95. The molecule has 1 N–H and O–H groups in total. The van der Waals surface area contributed by atoms with Crippen molar-refractivity contribution < 1.29 is 18.0 Å². The summed E-state index contributed by atoms with van der Waals surface area (Å²) in [5.41, 5.74) is 0.564. The Hall–Kier alpha value is -1.99. The lowest BCUT2D eigenvalue weighted by Gasteiger charge is -2.31. The lowest BCUT2D eigenvalue weighted by Crippen LogP contribution is -2.38. The van der Waals surface area contributed by atoms with Crippen LogP contribution in [0.15, 0.2) is 18.2 Å². The first-order valence-corrected chi connectivity index (χ1v) is 9.71. The smallest absolute Gasteiger partial charge is 0.368 e. The van der Waals surface area contributed by atoms with Crippen molar-refractivity contribution in [2.75, 3.05) is 11.9 Å². The number of hydrogen-bond donors (Lipinski definition) is 1. The van der Waals surface area contributed by atoms with Crippen molar-refractivity contribution in [3.63, 3.8) is 0 Å². The number of carbonyl (C=O) groups excluding carboxylic acids is 1. The van der Waals surface area contributed by atoms with Gasteiger partial charge in [-0.2, -0.15) is 18.3 Å². The van der Waals surface area contributed by atoms with Crippen LogP contribution in [0.1, 0.15) is 63.2 Å². The summed E-state index contributed by atoms with van der Waals surface area (Å²) in [5.74, 6) is 0.754. The maximum atomic E-state index is 13.5. The van der Waals surface area contributed by atoms with Gasteiger partial charge in [0.1, 0.15) is 5.82 Å². The number of nitrogens with zero attached hydrogens (tertiary/aromatic N) is 3. The highest BCUT2D eigenvalue weighted by Gasteiger charge is 2.46. The van der Waals surface area contributed by atoms with E-state index >= 15 is 0 Å². The van der Waals surface area contributed by atoms with Crippen LogP contribution in [-0.2, 0) is 4.79 Å². The van der Waals surface area contributed by atoms with Gasteiger partial charge in [-0.05, 0) is 44.9 Å². The van der Waals surface area contributed by atoms with Crippen LogP contribution >= 0.6 is 0 Å². The molecule has 0 unspecified atom stereocenters. The van der Waals surface area contributed by atoms with Crippen molar-refractivity contribution in [2.45, 2.75) is 69.8 Å². The van der Waals surface area contributed by atoms with E-state index in [0.717, 1.165) is 30.4 Å². The predicted molar refractivity (Wildman–Crippen MR) is 95.2 cm³/mol. The van der Waals surface area contributed by atoms with Crippen molar-refractivity contribution in [2.24, 2.45) is 5.92 Å². The number of likely N-dealkylation sites (tertiary alicyclic amines) is 1. The van der Waals surface area contributed by atoms with Gasteiger partial charge in [-0.3, -0.25) is 4.79 Å². The van der Waals surface area contributed by atoms with E-state index in [2.05, 4.69) is 22.6 Å². The molecular weight excluding hydrogens is 357 g/mol. The topological polar surface area (TPSA) is 50.2 Å². The number of alkyl halides is 3. The van der Waals surface area contributed by atoms with Crippen molar-refractivity contribution >= 4 is 11.7 Å². The molecule has 1 fully saturated rings. The SMILES string of the molecule is C[C@@H]1C[C@H](C(F)(F)F)n2nc([C@@H]3CCCN3C(=O)C[C@@H]3C=CCC3)cc2N1. The highest BCUT2D eigenvalue weighted by Crippen LogP contribution is 2.41. The summed E-state index contributed by atoms with van der Waals surface area (Å²) in [7, 11) is 0. The second-order valence-electron chi connectivity index (χ2n) is 7.95. The van der Waals surface area contributed by atoms with Crippen LogP contribution in [0, 0.1) is 5.92 Å². The van der Waals surface area contributed by atoms with Gasteiger partial charge in [0.25, 0.3) is 0 Å². The fourth-order valence-electron chi connectivity index (χ4n) is 4.52. The van der Waals surface area contributed by atoms with Crippen LogP contribution < -0.4 is 5.32 Å². The van der Waals surface area contributed by atoms with E-state index in [4.69, 9.17) is 0 Å². The Balaban J connectivity index is 1.56. The van der Waals surface area contributed by atoms with Crippen molar-refractivity contribution in [1.29, 1.82) is 0 Å². The highest BCUT2D eigenvalue weighted by molar-refractivity contribution is 5.77. The van der Waals surface area contributed by atoms with Gasteiger partial charge in [-0.25, -0.2) is 4.68 Å². The minimum absolute atomic E-state index is 0.0427. The van der Waals surface area contributed by atoms with Gasteiger partial charge in [-0.1, -0.05) is 12.2 Å². The average Bonchev–Trinajstić information content (AvgIpc) is 3.32. The Morgan fingerprint density at radius 2 is 2.19 bits per heavy atom. The van der Waals surface area contributed by atoms with Crippen LogP contribution in [-0.4, -0.2) is 39.4 Å². The zero-order valence-electron chi connectivity index (χ0n) is 15.4. The van der Waals surface area contributed by atoms with Gasteiger partial charge in [0.15, 0.2) is 6.04 Å². The van der Waals surface area contributed by atoms with E-state index in [0.29, 0.717) is 24.5 Å². The monoisotopic (exact) mass is 382 g/mol. The molecule has 1 amide bonds. The quantitative estimate of drug-likeness (QED) is 0.797. The van der Waals surface area contributed by atoms with Gasteiger partial charge in [0.2, 0.25) is 5.91 Å². The fourth-order valence-corrected chi connectivity index (χ4v) is 4.52. The van der Waals surface area contributed by atoms with E-state index in [-0.39, 0.29) is 30.3 Å². The predicted octanol–water partition coefficient (Wildman–Crippen LogP) is 4.21. The number of fused-ring (bicyclic) bond motifs is 1. The standard InChI is InChI=1S/C19H25F3N4O/c1-12-9-16(19(20,21)22)26-17(23-12)11-14(24-26)15-7-4-8-25(15)18(27)10-13-5-2-3-6-13/h2,5,11-13,15-16,23H,3-4,6-10H2,1H3/t12-,13-,15+,16-/m1/s1. The van der Waals surface area contributed by atoms with E-state index < -0.39 is 12.2 Å². The number of allylic oxidation sites excluding steroid dienone is 2. The molecule has 1 aliphatic carbocycles. The number of aromatic nitrogens is 2. The first kappa shape index (κ1) is 18.4. The molecule has 3 heterocycles. The normalized spacial score (nSPS) is 30.4. The molecule has 1 aromatic heterocycles. The average molecular weight is 382 g/mol. The molecule has 3 aliphatic rings. The first-order chi connectivity index (χ1) is 12.8. The lowest BCUT2D eigenvalue weighted by molar-refractivity contribution is -0.173. The number of nitrogens with one attached hydrogen (secondary N) is 1. The summed E-state index contributed by atoms with van der Waals surface area (Å²) in [4.78, 5) is 14.6. The molecule has 0 radical (unpaired) electrons. The van der Waals surface area contributed by atoms with E-state index in [1.807, 2.05) is 4.90 Å². The summed E-state index contributed by atoms with van der Waals surface area (Å²) in [6.45, 7) is 2.39. The number of carbonyl (C=O) groups is 1. The number of hydrogen-bond acceptors (Lipinski definition) is 3. The third-order valence-corrected chi connectivity index (χ3v) is 5.86. The summed E-state index contributed by atoms with van der Waals surface area (Å²) in [6, 6.07) is -0.428. The molecule has 8 heteroatoms. The molecule has 1 aromatic rings. The Morgan fingerprint density at radius 1 is 1.37 bits per heavy atom. The largest absolute Gasteiger partial charge is 0.410 e. The van der Waals surface area contributed by atoms with Gasteiger partial charge in [0.05, 0.1) is 11.7 Å². The molecule has 148 valence electrons. The Bertz CT molecular complexity index is 742. The van der Waals surface area contributed by atoms with Gasteiger partial charge < -0.3 is 10.2 Å². The second kappa shape index (κ2) is 6.87. The van der Waals surface area contributed by atoms with Gasteiger partial charge in [-0.15, -0.1) is 0 Å². The molecule has 5 nitrogen and oxygen atoms in total. The van der Waals surface area contributed by atoms with Crippen LogP contribution in [0.3, 0.4) is 0 Å². The molecule has 0 saturated carbocycles. The van der Waals surface area contributed by atoms with Gasteiger partial charge >= 0.3 is 6.18 Å². The van der Waals surface area contributed by atoms with Crippen LogP contribution in [0.25, 0.3) is 0 Å². The summed E-state index contributed by atoms with van der Waals surface area (Å²) >= 11 is 0. The molecule has 4 rings (SSSR count). The van der Waals surface area contributed by atoms with Crippen molar-refractivity contribution in [1.82, 2.24) is 14.7 Å². The number of halogens is 3. The fraction of sp³-hybridized carbons (Fsp3) is 0.684. The highest BCUT2D eigenvalue weighted by atomic mass is 19.4. The van der Waals surface area contributed by atoms with Crippen LogP contribution in [0.4, 0.5) is 19.0 Å². The molecule has 4 atom stereocenters. The molecule has 2 aliphatic heterocycles. The Labute approximate surface area is 156 Å². The Morgan fingerprint density at radius 3 is 2.89 bits per heavy atom. The van der Waals surface area contributed by atoms with Crippen LogP contribution in [0.5, 0.6) is 0 Å². The molecule has 0 aromatic carbocycles. The van der Waals surface area contributed by atoms with E-state index in [1.165, 1.54) is 0 Å². The van der Waals surface area contributed by atoms with E-state index in [1.54, 1.807) is 13.0 Å². The third-order valence-electron chi connectivity index (χ3n) is 5.86. The first-order valence-electron chi connectivity index (χ1n) is 9.71. The molecule has 0 bridgehead atoms. The van der Waals surface area contributed by atoms with E-state index in [9.17, 15) is 18.0 Å². The summed E-state index contributed by atoms with van der Waals surface area (Å²) in [5, 5.41) is 7.40. The minimum Gasteiger partial charge on any atom is -0.368 e. The zero-order valence-corrected chi connectivity index (χ0v) is 15.4. The number of anilines is 1. The van der Waals surface area contributed by atoms with Crippen molar-refractivity contribution in [3.8, 4) is 0 Å². The maximum Gasteiger partial charge on any atom is 0.410 e. The van der Waals surface area contributed by atoms with Crippen LogP contribution in [0.2, 0.25) is 0 Å². The maximum absolute atomic E-state index is 13.5. The number of amides is 1. The molecular formula is C19H25F3N4O. The lowest BCUT2D eigenvalue weighted by atomic mass is 10.0. The molecule has 0 spiro atoms. The summed E-state index contributed by atoms with van der Waals surface area (Å²) < 4.78 is 41.4. The summed E-state index contributed by atoms with van der Waals surface area (Å²) in [6.07, 6.45) is 3.90. The Kier molecular flexibility index (Phi) is 4.68.